The number of benzene rings is 1. The van der Waals surface area contributed by atoms with Crippen LogP contribution in [0.3, 0.4) is 0 Å². The Balaban J connectivity index is 0.00000364. The molecule has 0 bridgehead atoms. The Morgan fingerprint density at radius 1 is 1.33 bits per heavy atom. The number of ether oxygens (including phenoxy) is 1. The summed E-state index contributed by atoms with van der Waals surface area (Å²) in [7, 11) is 3.31. The van der Waals surface area contributed by atoms with E-state index >= 15 is 0 Å². The molecule has 9 heteroatoms. The van der Waals surface area contributed by atoms with Gasteiger partial charge in [-0.15, -0.1) is 24.0 Å². The van der Waals surface area contributed by atoms with Gasteiger partial charge in [0.1, 0.15) is 5.75 Å². The van der Waals surface area contributed by atoms with Crippen molar-refractivity contribution in [2.75, 3.05) is 40.3 Å². The number of methoxy groups -OCH3 is 1. The van der Waals surface area contributed by atoms with Crippen molar-refractivity contribution in [1.29, 1.82) is 0 Å². The van der Waals surface area contributed by atoms with Crippen molar-refractivity contribution < 1.29 is 17.9 Å². The Hall–Kier alpha value is -1.23. The van der Waals surface area contributed by atoms with Crippen LogP contribution in [-0.2, 0) is 6.54 Å². The number of aliphatic imine (C=N–C) groups is 1. The number of guanidine groups is 1. The zero-order valence-electron chi connectivity index (χ0n) is 15.9. The lowest BCUT2D eigenvalue weighted by Crippen LogP contribution is -2.40. The van der Waals surface area contributed by atoms with Gasteiger partial charge in [0, 0.05) is 32.2 Å². The fraction of sp³-hybridized carbons (Fsp3) is 0.611. The maximum absolute atomic E-state index is 12.5. The van der Waals surface area contributed by atoms with Gasteiger partial charge in [0.15, 0.2) is 5.96 Å². The summed E-state index contributed by atoms with van der Waals surface area (Å²) in [4.78, 5) is 5.63. The molecule has 1 saturated heterocycles. The molecule has 0 radical (unpaired) electrons. The predicted molar refractivity (Wildman–Crippen MR) is 112 cm³/mol. The van der Waals surface area contributed by atoms with E-state index in [0.717, 1.165) is 23.3 Å². The number of nitrogens with zero attached hydrogens (tertiary/aromatic N) is 2. The van der Waals surface area contributed by atoms with Crippen LogP contribution in [0.2, 0.25) is 0 Å². The zero-order valence-corrected chi connectivity index (χ0v) is 18.2. The maximum atomic E-state index is 12.5. The first-order valence-corrected chi connectivity index (χ1v) is 8.68. The summed E-state index contributed by atoms with van der Waals surface area (Å²) in [6, 6.07) is 5.99. The third-order valence-corrected chi connectivity index (χ3v) is 4.44. The number of hydrogen-bond donors (Lipinski definition) is 2. The fourth-order valence-corrected chi connectivity index (χ4v) is 3.12. The first kappa shape index (κ1) is 23.8. The molecule has 1 aromatic rings. The van der Waals surface area contributed by atoms with E-state index in [0.29, 0.717) is 32.1 Å². The Morgan fingerprint density at radius 2 is 2.07 bits per heavy atom. The molecule has 0 amide bonds. The second-order valence-corrected chi connectivity index (χ2v) is 6.63. The molecule has 27 heavy (non-hydrogen) atoms. The number of aryl methyl sites for hydroxylation is 1. The van der Waals surface area contributed by atoms with Gasteiger partial charge >= 0.3 is 6.18 Å². The number of rotatable bonds is 6. The molecule has 1 unspecified atom stereocenters. The summed E-state index contributed by atoms with van der Waals surface area (Å²) in [6.45, 7) is 3.26. The van der Waals surface area contributed by atoms with Gasteiger partial charge in [-0.3, -0.25) is 9.89 Å². The zero-order chi connectivity index (χ0) is 19.2. The lowest BCUT2D eigenvalue weighted by Gasteiger charge is -2.19. The van der Waals surface area contributed by atoms with Gasteiger partial charge in [-0.1, -0.05) is 12.1 Å². The molecule has 1 aliphatic heterocycles. The topological polar surface area (TPSA) is 48.9 Å². The molecule has 0 spiro atoms. The van der Waals surface area contributed by atoms with Crippen molar-refractivity contribution in [1.82, 2.24) is 15.5 Å². The normalized spacial score (nSPS) is 18.1. The highest BCUT2D eigenvalue weighted by molar-refractivity contribution is 14.0. The Kier molecular flexibility index (Phi) is 9.65. The van der Waals surface area contributed by atoms with Crippen LogP contribution in [-0.4, -0.2) is 57.4 Å². The molecule has 2 N–H and O–H groups in total. The highest BCUT2D eigenvalue weighted by Gasteiger charge is 2.34. The molecule has 1 atom stereocenters. The number of nitrogens with one attached hydrogen (secondary N) is 2. The Bertz CT molecular complexity index is 625. The van der Waals surface area contributed by atoms with E-state index < -0.39 is 12.7 Å². The summed E-state index contributed by atoms with van der Waals surface area (Å²) in [5.41, 5.74) is 2.14. The Morgan fingerprint density at radius 3 is 2.70 bits per heavy atom. The number of hydrogen-bond acceptors (Lipinski definition) is 3. The third kappa shape index (κ3) is 8.12. The van der Waals surface area contributed by atoms with Gasteiger partial charge in [0.05, 0.1) is 13.7 Å². The number of alkyl halides is 3. The molecule has 1 heterocycles. The molecule has 1 aromatic carbocycles. The van der Waals surface area contributed by atoms with Crippen molar-refractivity contribution in [2.45, 2.75) is 26.1 Å². The van der Waals surface area contributed by atoms with E-state index in [4.69, 9.17) is 4.74 Å². The van der Waals surface area contributed by atoms with Gasteiger partial charge in [-0.2, -0.15) is 13.2 Å². The lowest BCUT2D eigenvalue weighted by atomic mass is 10.1. The van der Waals surface area contributed by atoms with Crippen molar-refractivity contribution in [3.8, 4) is 5.75 Å². The largest absolute Gasteiger partial charge is 0.496 e. The van der Waals surface area contributed by atoms with Gasteiger partial charge in [-0.05, 0) is 37.4 Å². The average molecular weight is 500 g/mol. The molecule has 154 valence electrons. The Labute approximate surface area is 175 Å². The van der Waals surface area contributed by atoms with Crippen molar-refractivity contribution in [3.05, 3.63) is 29.3 Å². The summed E-state index contributed by atoms with van der Waals surface area (Å²) in [5.74, 6) is 1.62. The van der Waals surface area contributed by atoms with Gasteiger partial charge < -0.3 is 15.4 Å². The molecule has 0 aromatic heterocycles. The summed E-state index contributed by atoms with van der Waals surface area (Å²) in [6.07, 6.45) is -3.38. The first-order chi connectivity index (χ1) is 12.3. The van der Waals surface area contributed by atoms with Crippen LogP contribution in [0, 0.1) is 12.8 Å². The highest BCUT2D eigenvalue weighted by Crippen LogP contribution is 2.22. The maximum Gasteiger partial charge on any atom is 0.401 e. The minimum atomic E-state index is -4.13. The van der Waals surface area contributed by atoms with Crippen LogP contribution < -0.4 is 15.4 Å². The second-order valence-electron chi connectivity index (χ2n) is 6.63. The molecule has 0 aliphatic carbocycles. The van der Waals surface area contributed by atoms with E-state index in [1.807, 2.05) is 25.1 Å². The van der Waals surface area contributed by atoms with E-state index in [2.05, 4.69) is 15.6 Å². The predicted octanol–water partition coefficient (Wildman–Crippen LogP) is 3.17. The smallest absolute Gasteiger partial charge is 0.401 e. The lowest BCUT2D eigenvalue weighted by molar-refractivity contribution is -0.143. The third-order valence-electron chi connectivity index (χ3n) is 4.44. The molecule has 1 aliphatic rings. The van der Waals surface area contributed by atoms with E-state index in [1.54, 1.807) is 14.2 Å². The molecule has 1 fully saturated rings. The molecule has 0 saturated carbocycles. The van der Waals surface area contributed by atoms with Crippen molar-refractivity contribution >= 4 is 29.9 Å². The quantitative estimate of drug-likeness (QED) is 0.358. The van der Waals surface area contributed by atoms with Crippen LogP contribution >= 0.6 is 24.0 Å². The second kappa shape index (κ2) is 10.9. The van der Waals surface area contributed by atoms with Crippen LogP contribution in [0.4, 0.5) is 13.2 Å². The minimum absolute atomic E-state index is 0. The van der Waals surface area contributed by atoms with Crippen LogP contribution in [0.15, 0.2) is 23.2 Å². The van der Waals surface area contributed by atoms with Gasteiger partial charge in [0.2, 0.25) is 0 Å². The van der Waals surface area contributed by atoms with Crippen molar-refractivity contribution in [2.24, 2.45) is 10.9 Å². The monoisotopic (exact) mass is 500 g/mol. The standard InChI is InChI=1S/C18H27F3N4O.HI/c1-13-4-5-15(16(8-13)26-3)10-24-17(22-2)23-9-14-6-7-25(11-14)12-18(19,20)21;/h4-5,8,14H,6-7,9-12H2,1-3H3,(H2,22,23,24);1H. The SMILES string of the molecule is CN=C(NCc1ccc(C)cc1OC)NCC1CCN(CC(F)(F)F)C1.I. The summed E-state index contributed by atoms with van der Waals surface area (Å²) >= 11 is 0. The van der Waals surface area contributed by atoms with Gasteiger partial charge in [0.25, 0.3) is 0 Å². The van der Waals surface area contributed by atoms with E-state index in [1.165, 1.54) is 4.90 Å². The van der Waals surface area contributed by atoms with Gasteiger partial charge in [-0.25, -0.2) is 0 Å². The molecular weight excluding hydrogens is 472 g/mol. The minimum Gasteiger partial charge on any atom is -0.496 e. The molecule has 5 nitrogen and oxygen atoms in total. The van der Waals surface area contributed by atoms with E-state index in [-0.39, 0.29) is 29.9 Å². The number of likely N-dealkylation sites (tertiary alicyclic amines) is 1. The molecule has 2 rings (SSSR count). The summed E-state index contributed by atoms with van der Waals surface area (Å²) in [5, 5.41) is 6.42. The molecular formula is C18H28F3IN4O. The van der Waals surface area contributed by atoms with Crippen molar-refractivity contribution in [3.63, 3.8) is 0 Å². The highest BCUT2D eigenvalue weighted by atomic mass is 127. The summed E-state index contributed by atoms with van der Waals surface area (Å²) < 4.78 is 42.8. The van der Waals surface area contributed by atoms with Crippen LogP contribution in [0.25, 0.3) is 0 Å². The van der Waals surface area contributed by atoms with E-state index in [9.17, 15) is 13.2 Å². The van der Waals surface area contributed by atoms with Crippen LogP contribution in [0.1, 0.15) is 17.5 Å². The average Bonchev–Trinajstić information content (AvgIpc) is 3.01. The fourth-order valence-electron chi connectivity index (χ4n) is 3.12. The number of halogens is 4. The van der Waals surface area contributed by atoms with Crippen LogP contribution in [0.5, 0.6) is 5.75 Å². The first-order valence-electron chi connectivity index (χ1n) is 8.68.